The molecular formula is C17H22N4O2. The Hall–Kier alpha value is -2.34. The van der Waals surface area contributed by atoms with Crippen LogP contribution in [0.3, 0.4) is 0 Å². The highest BCUT2D eigenvalue weighted by Gasteiger charge is 2.31. The average Bonchev–Trinajstić information content (AvgIpc) is 3.02. The number of methoxy groups -OCH3 is 1. The number of benzene rings is 1. The lowest BCUT2D eigenvalue weighted by molar-refractivity contribution is -0.134. The van der Waals surface area contributed by atoms with Crippen LogP contribution in [-0.2, 0) is 17.9 Å². The first-order chi connectivity index (χ1) is 11.1. The molecule has 0 unspecified atom stereocenters. The van der Waals surface area contributed by atoms with Crippen LogP contribution in [0.5, 0.6) is 5.75 Å². The van der Waals surface area contributed by atoms with Gasteiger partial charge in [0, 0.05) is 45.5 Å². The first-order valence-electron chi connectivity index (χ1n) is 7.68. The standard InChI is InChI=1S/C17H22N4O2/c1-19(2)17(22)15-12-20(11-14-8-9-18-21(14)15)10-13-6-4-5-7-16(13)23-3/h4-9,15H,10-12H2,1-3H3/t15-/m1/s1. The maximum absolute atomic E-state index is 12.5. The predicted molar refractivity (Wildman–Crippen MR) is 87.1 cm³/mol. The van der Waals surface area contributed by atoms with E-state index in [4.69, 9.17) is 4.74 Å². The summed E-state index contributed by atoms with van der Waals surface area (Å²) < 4.78 is 7.28. The number of hydrogen-bond donors (Lipinski definition) is 0. The van der Waals surface area contributed by atoms with Gasteiger partial charge >= 0.3 is 0 Å². The molecule has 1 aromatic heterocycles. The maximum atomic E-state index is 12.5. The summed E-state index contributed by atoms with van der Waals surface area (Å²) in [5, 5.41) is 4.33. The molecule has 1 aliphatic rings. The molecule has 2 aromatic rings. The number of carbonyl (C=O) groups excluding carboxylic acids is 1. The molecule has 1 atom stereocenters. The molecule has 0 spiro atoms. The minimum Gasteiger partial charge on any atom is -0.496 e. The smallest absolute Gasteiger partial charge is 0.248 e. The van der Waals surface area contributed by atoms with Crippen molar-refractivity contribution in [3.8, 4) is 5.75 Å². The molecule has 6 nitrogen and oxygen atoms in total. The zero-order valence-corrected chi connectivity index (χ0v) is 13.8. The Morgan fingerprint density at radius 3 is 2.87 bits per heavy atom. The quantitative estimate of drug-likeness (QED) is 0.859. The topological polar surface area (TPSA) is 50.6 Å². The number of nitrogens with zero attached hydrogens (tertiary/aromatic N) is 4. The van der Waals surface area contributed by atoms with E-state index in [0.717, 1.165) is 30.1 Å². The fourth-order valence-electron chi connectivity index (χ4n) is 3.04. The Morgan fingerprint density at radius 2 is 2.13 bits per heavy atom. The molecule has 0 saturated heterocycles. The molecule has 0 saturated carbocycles. The van der Waals surface area contributed by atoms with Gasteiger partial charge in [-0.25, -0.2) is 0 Å². The van der Waals surface area contributed by atoms with E-state index in [2.05, 4.69) is 16.1 Å². The lowest BCUT2D eigenvalue weighted by Crippen LogP contribution is -2.44. The minimum atomic E-state index is -0.279. The number of ether oxygens (including phenoxy) is 1. The van der Waals surface area contributed by atoms with Crippen molar-refractivity contribution in [2.24, 2.45) is 0 Å². The molecule has 2 heterocycles. The van der Waals surface area contributed by atoms with Gasteiger partial charge < -0.3 is 9.64 Å². The molecule has 3 rings (SSSR count). The normalized spacial score (nSPS) is 17.6. The van der Waals surface area contributed by atoms with E-state index in [-0.39, 0.29) is 11.9 Å². The summed E-state index contributed by atoms with van der Waals surface area (Å²) in [6, 6.07) is 9.70. The number of para-hydroxylation sites is 1. The minimum absolute atomic E-state index is 0.0691. The zero-order valence-electron chi connectivity index (χ0n) is 13.8. The molecular weight excluding hydrogens is 292 g/mol. The van der Waals surface area contributed by atoms with Crippen molar-refractivity contribution in [2.75, 3.05) is 27.7 Å². The van der Waals surface area contributed by atoms with E-state index in [1.165, 1.54) is 0 Å². The van der Waals surface area contributed by atoms with Crippen LogP contribution in [0.25, 0.3) is 0 Å². The van der Waals surface area contributed by atoms with E-state index >= 15 is 0 Å². The molecule has 0 N–H and O–H groups in total. The fourth-order valence-corrected chi connectivity index (χ4v) is 3.04. The van der Waals surface area contributed by atoms with E-state index in [1.54, 1.807) is 32.3 Å². The Bertz CT molecular complexity index is 695. The Kier molecular flexibility index (Phi) is 4.34. The summed E-state index contributed by atoms with van der Waals surface area (Å²) >= 11 is 0. The van der Waals surface area contributed by atoms with Crippen LogP contribution in [0.1, 0.15) is 17.3 Å². The molecule has 1 aliphatic heterocycles. The van der Waals surface area contributed by atoms with Crippen molar-refractivity contribution in [3.05, 3.63) is 47.8 Å². The van der Waals surface area contributed by atoms with Crippen LogP contribution in [0, 0.1) is 0 Å². The largest absolute Gasteiger partial charge is 0.496 e. The molecule has 1 amide bonds. The summed E-state index contributed by atoms with van der Waals surface area (Å²) in [6.45, 7) is 2.16. The summed E-state index contributed by atoms with van der Waals surface area (Å²) in [7, 11) is 5.25. The zero-order chi connectivity index (χ0) is 16.4. The highest BCUT2D eigenvalue weighted by molar-refractivity contribution is 5.80. The average molecular weight is 314 g/mol. The molecule has 0 bridgehead atoms. The Balaban J connectivity index is 1.84. The van der Waals surface area contributed by atoms with Crippen molar-refractivity contribution in [1.82, 2.24) is 19.6 Å². The molecule has 0 fully saturated rings. The second-order valence-corrected chi connectivity index (χ2v) is 6.00. The number of carbonyl (C=O) groups is 1. The SMILES string of the molecule is COc1ccccc1CN1Cc2ccnn2[C@@H](C(=O)N(C)C)C1. The van der Waals surface area contributed by atoms with Crippen LogP contribution in [0.15, 0.2) is 36.5 Å². The Labute approximate surface area is 136 Å². The number of hydrogen-bond acceptors (Lipinski definition) is 4. The van der Waals surface area contributed by atoms with Crippen molar-refractivity contribution < 1.29 is 9.53 Å². The molecule has 0 radical (unpaired) electrons. The maximum Gasteiger partial charge on any atom is 0.248 e. The second kappa shape index (κ2) is 6.42. The van der Waals surface area contributed by atoms with E-state index in [0.29, 0.717) is 6.54 Å². The van der Waals surface area contributed by atoms with Crippen LogP contribution >= 0.6 is 0 Å². The van der Waals surface area contributed by atoms with Gasteiger partial charge in [0.1, 0.15) is 11.8 Å². The van der Waals surface area contributed by atoms with Crippen molar-refractivity contribution in [3.63, 3.8) is 0 Å². The summed E-state index contributed by atoms with van der Waals surface area (Å²) in [5.74, 6) is 0.946. The van der Waals surface area contributed by atoms with Crippen molar-refractivity contribution >= 4 is 5.91 Å². The third-order valence-electron chi connectivity index (χ3n) is 4.18. The van der Waals surface area contributed by atoms with Crippen LogP contribution in [0.2, 0.25) is 0 Å². The van der Waals surface area contributed by atoms with Crippen LogP contribution < -0.4 is 4.74 Å². The second-order valence-electron chi connectivity index (χ2n) is 6.00. The molecule has 23 heavy (non-hydrogen) atoms. The van der Waals surface area contributed by atoms with Crippen LogP contribution in [-0.4, -0.2) is 53.2 Å². The van der Waals surface area contributed by atoms with Gasteiger partial charge in [-0.1, -0.05) is 18.2 Å². The van der Waals surface area contributed by atoms with E-state index in [9.17, 15) is 4.79 Å². The third-order valence-corrected chi connectivity index (χ3v) is 4.18. The molecule has 0 aliphatic carbocycles. The Morgan fingerprint density at radius 1 is 1.35 bits per heavy atom. The van der Waals surface area contributed by atoms with Crippen molar-refractivity contribution in [1.29, 1.82) is 0 Å². The van der Waals surface area contributed by atoms with E-state index < -0.39 is 0 Å². The summed E-state index contributed by atoms with van der Waals surface area (Å²) in [5.41, 5.74) is 2.19. The lowest BCUT2D eigenvalue weighted by Gasteiger charge is -2.34. The monoisotopic (exact) mass is 314 g/mol. The molecule has 6 heteroatoms. The number of amides is 1. The highest BCUT2D eigenvalue weighted by Crippen LogP contribution is 2.26. The highest BCUT2D eigenvalue weighted by atomic mass is 16.5. The first kappa shape index (κ1) is 15.6. The van der Waals surface area contributed by atoms with E-state index in [1.807, 2.05) is 28.9 Å². The van der Waals surface area contributed by atoms with Gasteiger partial charge in [-0.15, -0.1) is 0 Å². The van der Waals surface area contributed by atoms with Gasteiger partial charge in [-0.3, -0.25) is 14.4 Å². The van der Waals surface area contributed by atoms with Crippen molar-refractivity contribution in [2.45, 2.75) is 19.1 Å². The van der Waals surface area contributed by atoms with Gasteiger partial charge in [0.15, 0.2) is 0 Å². The number of likely N-dealkylation sites (N-methyl/N-ethyl adjacent to an activating group) is 1. The first-order valence-corrected chi connectivity index (χ1v) is 7.68. The molecule has 1 aromatic carbocycles. The van der Waals surface area contributed by atoms with Crippen LogP contribution in [0.4, 0.5) is 0 Å². The van der Waals surface area contributed by atoms with Gasteiger partial charge in [0.25, 0.3) is 0 Å². The van der Waals surface area contributed by atoms with Gasteiger partial charge in [-0.05, 0) is 12.1 Å². The third kappa shape index (κ3) is 3.07. The summed E-state index contributed by atoms with van der Waals surface area (Å²) in [4.78, 5) is 16.4. The number of rotatable bonds is 4. The fraction of sp³-hybridized carbons (Fsp3) is 0.412. The number of aromatic nitrogens is 2. The predicted octanol–water partition coefficient (Wildman–Crippen LogP) is 1.54. The lowest BCUT2D eigenvalue weighted by atomic mass is 10.1. The number of fused-ring (bicyclic) bond motifs is 1. The van der Waals surface area contributed by atoms with Gasteiger partial charge in [-0.2, -0.15) is 5.10 Å². The van der Waals surface area contributed by atoms with Gasteiger partial charge in [0.2, 0.25) is 5.91 Å². The summed E-state index contributed by atoms with van der Waals surface area (Å²) in [6.07, 6.45) is 1.76. The van der Waals surface area contributed by atoms with Gasteiger partial charge in [0.05, 0.1) is 12.8 Å². The molecule has 122 valence electrons.